The Bertz CT molecular complexity index is 196. The fourth-order valence-electron chi connectivity index (χ4n) is 3.10. The van der Waals surface area contributed by atoms with Crippen molar-refractivity contribution in [2.75, 3.05) is 52.4 Å². The highest BCUT2D eigenvalue weighted by Crippen LogP contribution is 2.13. The van der Waals surface area contributed by atoms with Crippen molar-refractivity contribution in [1.82, 2.24) is 15.1 Å². The molecule has 0 atom stereocenters. The third kappa shape index (κ3) is 4.57. The van der Waals surface area contributed by atoms with Gasteiger partial charge in [-0.25, -0.2) is 0 Å². The van der Waals surface area contributed by atoms with Crippen LogP contribution in [0.4, 0.5) is 0 Å². The molecular weight excluding hydrogens is 210 g/mol. The lowest BCUT2D eigenvalue weighted by molar-refractivity contribution is 0.188. The molecule has 3 nitrogen and oxygen atoms in total. The van der Waals surface area contributed by atoms with Gasteiger partial charge in [-0.1, -0.05) is 6.92 Å². The molecule has 0 amide bonds. The summed E-state index contributed by atoms with van der Waals surface area (Å²) in [7, 11) is 0. The van der Waals surface area contributed by atoms with E-state index in [1.54, 1.807) is 0 Å². The average Bonchev–Trinajstić information content (AvgIpc) is 2.89. The maximum Gasteiger partial charge on any atom is 0.0109 e. The van der Waals surface area contributed by atoms with Gasteiger partial charge in [-0.05, 0) is 64.3 Å². The van der Waals surface area contributed by atoms with Crippen LogP contribution in [-0.2, 0) is 0 Å². The number of nitrogens with one attached hydrogen (secondary N) is 1. The lowest BCUT2D eigenvalue weighted by Crippen LogP contribution is -2.39. The molecule has 2 rings (SSSR count). The molecule has 0 aromatic carbocycles. The summed E-state index contributed by atoms with van der Waals surface area (Å²) in [4.78, 5) is 5.29. The van der Waals surface area contributed by atoms with Gasteiger partial charge in [0.2, 0.25) is 0 Å². The van der Waals surface area contributed by atoms with Crippen LogP contribution in [-0.4, -0.2) is 62.2 Å². The zero-order valence-corrected chi connectivity index (χ0v) is 11.5. The third-order valence-corrected chi connectivity index (χ3v) is 4.35. The second kappa shape index (κ2) is 7.34. The summed E-state index contributed by atoms with van der Waals surface area (Å²) >= 11 is 0. The number of hydrogen-bond donors (Lipinski definition) is 1. The van der Waals surface area contributed by atoms with E-state index in [1.807, 2.05) is 0 Å². The van der Waals surface area contributed by atoms with Crippen LogP contribution in [0.15, 0.2) is 0 Å². The molecule has 0 aromatic rings. The minimum atomic E-state index is 0.940. The Morgan fingerprint density at radius 3 is 2.53 bits per heavy atom. The van der Waals surface area contributed by atoms with E-state index in [2.05, 4.69) is 22.0 Å². The lowest BCUT2D eigenvalue weighted by atomic mass is 9.97. The van der Waals surface area contributed by atoms with Crippen molar-refractivity contribution < 1.29 is 0 Å². The van der Waals surface area contributed by atoms with Crippen molar-refractivity contribution in [1.29, 1.82) is 0 Å². The number of likely N-dealkylation sites (N-methyl/N-ethyl adjacent to an activating group) is 1. The summed E-state index contributed by atoms with van der Waals surface area (Å²) in [6, 6.07) is 0. The molecule has 1 N–H and O–H groups in total. The van der Waals surface area contributed by atoms with Gasteiger partial charge < -0.3 is 15.1 Å². The molecule has 2 aliphatic heterocycles. The van der Waals surface area contributed by atoms with Crippen molar-refractivity contribution in [2.45, 2.75) is 32.6 Å². The minimum absolute atomic E-state index is 0.940. The zero-order valence-electron chi connectivity index (χ0n) is 11.5. The quantitative estimate of drug-likeness (QED) is 0.756. The van der Waals surface area contributed by atoms with Crippen LogP contribution in [0.1, 0.15) is 32.6 Å². The van der Waals surface area contributed by atoms with E-state index in [4.69, 9.17) is 0 Å². The monoisotopic (exact) mass is 239 g/mol. The Kier molecular flexibility index (Phi) is 5.75. The Morgan fingerprint density at radius 2 is 1.88 bits per heavy atom. The van der Waals surface area contributed by atoms with E-state index in [0.29, 0.717) is 0 Å². The van der Waals surface area contributed by atoms with E-state index in [1.165, 1.54) is 78.0 Å². The van der Waals surface area contributed by atoms with Gasteiger partial charge in [-0.15, -0.1) is 0 Å². The summed E-state index contributed by atoms with van der Waals surface area (Å²) in [6.45, 7) is 12.6. The number of likely N-dealkylation sites (tertiary alicyclic amines) is 1. The Hall–Kier alpha value is -0.120. The van der Waals surface area contributed by atoms with E-state index in [9.17, 15) is 0 Å². The molecule has 0 radical (unpaired) electrons. The zero-order chi connectivity index (χ0) is 11.9. The maximum atomic E-state index is 3.46. The van der Waals surface area contributed by atoms with Crippen LogP contribution >= 0.6 is 0 Å². The van der Waals surface area contributed by atoms with Gasteiger partial charge in [0.05, 0.1) is 0 Å². The molecule has 2 heterocycles. The second-order valence-corrected chi connectivity index (χ2v) is 5.64. The highest BCUT2D eigenvalue weighted by atomic mass is 15.2. The minimum Gasteiger partial charge on any atom is -0.317 e. The summed E-state index contributed by atoms with van der Waals surface area (Å²) in [6.07, 6.45) is 5.58. The van der Waals surface area contributed by atoms with Crippen molar-refractivity contribution in [3.05, 3.63) is 0 Å². The first kappa shape index (κ1) is 13.3. The Balaban J connectivity index is 1.64. The van der Waals surface area contributed by atoms with Crippen LogP contribution in [0.5, 0.6) is 0 Å². The summed E-state index contributed by atoms with van der Waals surface area (Å²) < 4.78 is 0. The molecule has 100 valence electrons. The Morgan fingerprint density at radius 1 is 1.18 bits per heavy atom. The Labute approximate surface area is 107 Å². The largest absolute Gasteiger partial charge is 0.317 e. The fourth-order valence-corrected chi connectivity index (χ4v) is 3.10. The number of rotatable bonds is 6. The second-order valence-electron chi connectivity index (χ2n) is 5.64. The molecule has 0 bridgehead atoms. The predicted molar refractivity (Wildman–Crippen MR) is 73.4 cm³/mol. The van der Waals surface area contributed by atoms with Gasteiger partial charge in [0, 0.05) is 19.6 Å². The summed E-state index contributed by atoms with van der Waals surface area (Å²) in [5.41, 5.74) is 0. The first-order valence-electron chi connectivity index (χ1n) is 7.54. The number of piperidine rings is 1. The molecule has 0 saturated carbocycles. The molecule has 0 aliphatic carbocycles. The van der Waals surface area contributed by atoms with Gasteiger partial charge in [-0.3, -0.25) is 0 Å². The van der Waals surface area contributed by atoms with Gasteiger partial charge in [0.1, 0.15) is 0 Å². The van der Waals surface area contributed by atoms with Crippen LogP contribution in [0.3, 0.4) is 0 Å². The van der Waals surface area contributed by atoms with Gasteiger partial charge in [-0.2, -0.15) is 0 Å². The van der Waals surface area contributed by atoms with E-state index < -0.39 is 0 Å². The van der Waals surface area contributed by atoms with E-state index in [-0.39, 0.29) is 0 Å². The maximum absolute atomic E-state index is 3.46. The predicted octanol–water partition coefficient (Wildman–Crippen LogP) is 1.40. The normalized spacial score (nSPS) is 23.6. The molecular formula is C14H29N3. The third-order valence-electron chi connectivity index (χ3n) is 4.35. The lowest BCUT2D eigenvalue weighted by Gasteiger charge is -2.30. The molecule has 0 aromatic heterocycles. The standard InChI is InChI=1S/C14H29N3/c1-2-16(11-12-17-9-3-4-10-17)13-14-5-7-15-8-6-14/h14-15H,2-13H2,1H3. The van der Waals surface area contributed by atoms with Crippen molar-refractivity contribution in [2.24, 2.45) is 5.92 Å². The summed E-state index contributed by atoms with van der Waals surface area (Å²) in [5, 5.41) is 3.46. The number of hydrogen-bond acceptors (Lipinski definition) is 3. The van der Waals surface area contributed by atoms with E-state index in [0.717, 1.165) is 5.92 Å². The van der Waals surface area contributed by atoms with Crippen LogP contribution in [0.2, 0.25) is 0 Å². The SMILES string of the molecule is CCN(CCN1CCCC1)CC1CCNCC1. The first-order valence-corrected chi connectivity index (χ1v) is 7.54. The fraction of sp³-hybridized carbons (Fsp3) is 1.00. The molecule has 0 spiro atoms. The van der Waals surface area contributed by atoms with Crippen LogP contribution in [0.25, 0.3) is 0 Å². The van der Waals surface area contributed by atoms with Crippen molar-refractivity contribution in [3.63, 3.8) is 0 Å². The van der Waals surface area contributed by atoms with E-state index >= 15 is 0 Å². The highest BCUT2D eigenvalue weighted by molar-refractivity contribution is 4.74. The van der Waals surface area contributed by atoms with Crippen molar-refractivity contribution in [3.8, 4) is 0 Å². The number of nitrogens with zero attached hydrogens (tertiary/aromatic N) is 2. The van der Waals surface area contributed by atoms with Crippen molar-refractivity contribution >= 4 is 0 Å². The molecule has 2 aliphatic rings. The van der Waals surface area contributed by atoms with Crippen LogP contribution in [0, 0.1) is 5.92 Å². The molecule has 3 heteroatoms. The van der Waals surface area contributed by atoms with Gasteiger partial charge in [0.25, 0.3) is 0 Å². The topological polar surface area (TPSA) is 18.5 Å². The van der Waals surface area contributed by atoms with Gasteiger partial charge in [0.15, 0.2) is 0 Å². The van der Waals surface area contributed by atoms with Gasteiger partial charge >= 0.3 is 0 Å². The molecule has 17 heavy (non-hydrogen) atoms. The first-order chi connectivity index (χ1) is 8.38. The molecule has 0 unspecified atom stereocenters. The molecule has 2 saturated heterocycles. The highest BCUT2D eigenvalue weighted by Gasteiger charge is 2.17. The summed E-state index contributed by atoms with van der Waals surface area (Å²) in [5.74, 6) is 0.940. The van der Waals surface area contributed by atoms with Crippen LogP contribution < -0.4 is 5.32 Å². The smallest absolute Gasteiger partial charge is 0.0109 e. The average molecular weight is 239 g/mol. The molecule has 2 fully saturated rings.